The molecule has 0 aromatic carbocycles. The van der Waals surface area contributed by atoms with Crippen LogP contribution in [0.2, 0.25) is 0 Å². The van der Waals surface area contributed by atoms with Gasteiger partial charge in [-0.15, -0.1) is 0 Å². The van der Waals surface area contributed by atoms with Gasteiger partial charge in [-0.3, -0.25) is 4.79 Å². The number of nitriles is 1. The maximum Gasteiger partial charge on any atom is 0.237 e. The smallest absolute Gasteiger partial charge is 0.237 e. The quantitative estimate of drug-likeness (QED) is 0.848. The molecule has 0 aromatic rings. The number of hydrogen-bond acceptors (Lipinski definition) is 4. The Kier molecular flexibility index (Phi) is 4.65. The Balaban J connectivity index is 1.44. The first kappa shape index (κ1) is 15.7. The molecule has 3 aliphatic rings. The Morgan fingerprint density at radius 1 is 1.32 bits per heavy atom. The summed E-state index contributed by atoms with van der Waals surface area (Å²) in [5, 5.41) is 12.3. The van der Waals surface area contributed by atoms with Crippen molar-refractivity contribution in [1.82, 2.24) is 10.2 Å². The Hall–Kier alpha value is -1.19. The molecule has 0 bridgehead atoms. The number of alkyl halides is 1. The van der Waals surface area contributed by atoms with Crippen LogP contribution >= 0.6 is 0 Å². The van der Waals surface area contributed by atoms with Crippen LogP contribution in [0.4, 0.5) is 4.39 Å². The summed E-state index contributed by atoms with van der Waals surface area (Å²) in [4.78, 5) is 13.6. The van der Waals surface area contributed by atoms with Crippen LogP contribution in [-0.2, 0) is 9.53 Å². The van der Waals surface area contributed by atoms with E-state index in [-0.39, 0.29) is 25.4 Å². The first-order valence-corrected chi connectivity index (χ1v) is 8.20. The molecule has 3 fully saturated rings. The number of fused-ring (bicyclic) bond motifs is 1. The van der Waals surface area contributed by atoms with Gasteiger partial charge in [-0.1, -0.05) is 0 Å². The number of nitrogens with zero attached hydrogens (tertiary/aromatic N) is 2. The monoisotopic (exact) mass is 309 g/mol. The second-order valence-corrected chi connectivity index (χ2v) is 6.92. The van der Waals surface area contributed by atoms with Gasteiger partial charge in [0.2, 0.25) is 5.91 Å². The lowest BCUT2D eigenvalue weighted by Gasteiger charge is -2.21. The van der Waals surface area contributed by atoms with Crippen LogP contribution in [0, 0.1) is 23.2 Å². The van der Waals surface area contributed by atoms with E-state index in [1.54, 1.807) is 7.11 Å². The van der Waals surface area contributed by atoms with Crippen molar-refractivity contribution < 1.29 is 13.9 Å². The molecule has 1 heterocycles. The standard InChI is InChI=1S/C16H24FN3O2/c1-22-15-4-10-2-13(3-11(10)5-15)19-8-16(21)20-9-12(17)6-14(20)7-18/h10-15,19H,2-6,8-9H2,1H3/t10-,11+,12-,13?,14-,15?/m0/s1. The van der Waals surface area contributed by atoms with Crippen molar-refractivity contribution >= 4 is 5.91 Å². The molecule has 22 heavy (non-hydrogen) atoms. The molecule has 5 nitrogen and oxygen atoms in total. The lowest BCUT2D eigenvalue weighted by Crippen LogP contribution is -2.43. The van der Waals surface area contributed by atoms with E-state index < -0.39 is 12.2 Å². The van der Waals surface area contributed by atoms with Crippen LogP contribution in [0.25, 0.3) is 0 Å². The average molecular weight is 309 g/mol. The fourth-order valence-corrected chi connectivity index (χ4v) is 4.44. The summed E-state index contributed by atoms with van der Waals surface area (Å²) in [6, 6.07) is 1.78. The third-order valence-corrected chi connectivity index (χ3v) is 5.57. The molecule has 1 N–H and O–H groups in total. The molecule has 0 spiro atoms. The van der Waals surface area contributed by atoms with Crippen LogP contribution < -0.4 is 5.32 Å². The van der Waals surface area contributed by atoms with Crippen molar-refractivity contribution in [3.8, 4) is 6.07 Å². The summed E-state index contributed by atoms with van der Waals surface area (Å²) in [6.07, 6.45) is 3.91. The number of hydrogen-bond donors (Lipinski definition) is 1. The van der Waals surface area contributed by atoms with Gasteiger partial charge in [0.05, 0.1) is 25.3 Å². The minimum atomic E-state index is -1.06. The van der Waals surface area contributed by atoms with E-state index in [2.05, 4.69) is 5.32 Å². The molecule has 1 saturated heterocycles. The molecule has 3 rings (SSSR count). The molecule has 6 atom stereocenters. The Morgan fingerprint density at radius 2 is 2.00 bits per heavy atom. The molecule has 1 aliphatic heterocycles. The lowest BCUT2D eigenvalue weighted by atomic mass is 10.0. The molecule has 1 amide bonds. The molecule has 2 aliphatic carbocycles. The zero-order chi connectivity index (χ0) is 15.7. The van der Waals surface area contributed by atoms with E-state index >= 15 is 0 Å². The fraction of sp³-hybridized carbons (Fsp3) is 0.875. The lowest BCUT2D eigenvalue weighted by molar-refractivity contribution is -0.130. The van der Waals surface area contributed by atoms with Crippen LogP contribution in [-0.4, -0.2) is 55.4 Å². The number of halogens is 1. The summed E-state index contributed by atoms with van der Waals surface area (Å²) in [5.74, 6) is 1.25. The molecule has 0 aromatic heterocycles. The number of ether oxygens (including phenoxy) is 1. The third-order valence-electron chi connectivity index (χ3n) is 5.57. The van der Waals surface area contributed by atoms with E-state index in [4.69, 9.17) is 10.00 Å². The summed E-state index contributed by atoms with van der Waals surface area (Å²) in [5.41, 5.74) is 0. The van der Waals surface area contributed by atoms with Crippen LogP contribution in [0.3, 0.4) is 0 Å². The van der Waals surface area contributed by atoms with E-state index in [0.717, 1.165) is 25.7 Å². The predicted octanol–water partition coefficient (Wildman–Crippen LogP) is 1.24. The van der Waals surface area contributed by atoms with Gasteiger partial charge >= 0.3 is 0 Å². The van der Waals surface area contributed by atoms with Gasteiger partial charge in [-0.05, 0) is 37.5 Å². The summed E-state index contributed by atoms with van der Waals surface area (Å²) in [7, 11) is 1.78. The van der Waals surface area contributed by atoms with Gasteiger partial charge < -0.3 is 15.0 Å². The highest BCUT2D eigenvalue weighted by Crippen LogP contribution is 2.44. The second kappa shape index (κ2) is 6.51. The van der Waals surface area contributed by atoms with Crippen LogP contribution in [0.5, 0.6) is 0 Å². The van der Waals surface area contributed by atoms with Gasteiger partial charge in [0.1, 0.15) is 12.2 Å². The maximum absolute atomic E-state index is 13.4. The summed E-state index contributed by atoms with van der Waals surface area (Å²) >= 11 is 0. The van der Waals surface area contributed by atoms with Gasteiger partial charge in [0, 0.05) is 19.6 Å². The number of carbonyl (C=O) groups is 1. The number of rotatable bonds is 4. The highest BCUT2D eigenvalue weighted by atomic mass is 19.1. The average Bonchev–Trinajstić information content (AvgIpc) is 3.16. The number of likely N-dealkylation sites (tertiary alicyclic amines) is 1. The molecule has 2 unspecified atom stereocenters. The molecule has 122 valence electrons. The van der Waals surface area contributed by atoms with Gasteiger partial charge in [-0.25, -0.2) is 4.39 Å². The van der Waals surface area contributed by atoms with Gasteiger partial charge in [0.15, 0.2) is 0 Å². The van der Waals surface area contributed by atoms with Crippen LogP contribution in [0.1, 0.15) is 32.1 Å². The molecule has 6 heteroatoms. The Labute approximate surface area is 130 Å². The zero-order valence-corrected chi connectivity index (χ0v) is 13.0. The summed E-state index contributed by atoms with van der Waals surface area (Å²) < 4.78 is 18.8. The summed E-state index contributed by atoms with van der Waals surface area (Å²) in [6.45, 7) is 0.271. The number of amides is 1. The first-order valence-electron chi connectivity index (χ1n) is 8.20. The minimum absolute atomic E-state index is 0.0597. The van der Waals surface area contributed by atoms with E-state index in [1.165, 1.54) is 4.90 Å². The molecular formula is C16H24FN3O2. The molecule has 2 saturated carbocycles. The fourth-order valence-electron chi connectivity index (χ4n) is 4.44. The van der Waals surface area contributed by atoms with Crippen molar-refractivity contribution in [2.75, 3.05) is 20.2 Å². The SMILES string of the molecule is COC1C[C@H]2CC(NCC(=O)N3C[C@@H](F)C[C@H]3C#N)C[C@H]2C1. The normalized spacial score (nSPS) is 40.7. The highest BCUT2D eigenvalue weighted by molar-refractivity contribution is 5.79. The largest absolute Gasteiger partial charge is 0.381 e. The number of methoxy groups -OCH3 is 1. The first-order chi connectivity index (χ1) is 10.6. The van der Waals surface area contributed by atoms with Crippen LogP contribution in [0.15, 0.2) is 0 Å². The van der Waals surface area contributed by atoms with Crippen molar-refractivity contribution in [3.63, 3.8) is 0 Å². The molecule has 0 radical (unpaired) electrons. The van der Waals surface area contributed by atoms with Crippen molar-refractivity contribution in [3.05, 3.63) is 0 Å². The number of carbonyl (C=O) groups excluding carboxylic acids is 1. The van der Waals surface area contributed by atoms with Gasteiger partial charge in [0.25, 0.3) is 0 Å². The minimum Gasteiger partial charge on any atom is -0.381 e. The van der Waals surface area contributed by atoms with Crippen molar-refractivity contribution in [2.45, 2.75) is 56.5 Å². The highest BCUT2D eigenvalue weighted by Gasteiger charge is 2.42. The second-order valence-electron chi connectivity index (χ2n) is 6.92. The Bertz CT molecular complexity index is 453. The van der Waals surface area contributed by atoms with E-state index in [9.17, 15) is 9.18 Å². The van der Waals surface area contributed by atoms with Gasteiger partial charge in [-0.2, -0.15) is 5.26 Å². The Morgan fingerprint density at radius 3 is 2.59 bits per heavy atom. The van der Waals surface area contributed by atoms with Crippen molar-refractivity contribution in [2.24, 2.45) is 11.8 Å². The predicted molar refractivity (Wildman–Crippen MR) is 78.7 cm³/mol. The zero-order valence-electron chi connectivity index (χ0n) is 13.0. The molecular weight excluding hydrogens is 285 g/mol. The van der Waals surface area contributed by atoms with Crippen molar-refractivity contribution in [1.29, 1.82) is 5.26 Å². The maximum atomic E-state index is 13.4. The van der Waals surface area contributed by atoms with E-state index in [1.807, 2.05) is 6.07 Å². The topological polar surface area (TPSA) is 65.4 Å². The van der Waals surface area contributed by atoms with E-state index in [0.29, 0.717) is 24.0 Å². The number of nitrogens with one attached hydrogen (secondary N) is 1. The third kappa shape index (κ3) is 3.11.